The fourth-order valence-corrected chi connectivity index (χ4v) is 3.97. The van der Waals surface area contributed by atoms with Crippen LogP contribution in [-0.4, -0.2) is 34.0 Å². The fraction of sp³-hybridized carbons (Fsp3) is 0.263. The Bertz CT molecular complexity index is 946. The van der Waals surface area contributed by atoms with Crippen LogP contribution in [0.25, 0.3) is 11.0 Å². The number of benzene rings is 2. The maximum atomic E-state index is 12.0. The number of fused-ring (bicyclic) bond motifs is 1. The van der Waals surface area contributed by atoms with Gasteiger partial charge in [0.2, 0.25) is 5.91 Å². The van der Waals surface area contributed by atoms with Crippen molar-refractivity contribution in [2.75, 3.05) is 13.6 Å². The van der Waals surface area contributed by atoms with Gasteiger partial charge in [-0.15, -0.1) is 0 Å². The predicted molar refractivity (Wildman–Crippen MR) is 100 cm³/mol. The Morgan fingerprint density at radius 2 is 1.84 bits per heavy atom. The van der Waals surface area contributed by atoms with Crippen LogP contribution in [0.1, 0.15) is 23.7 Å². The van der Waals surface area contributed by atoms with Gasteiger partial charge in [-0.3, -0.25) is 4.79 Å². The van der Waals surface area contributed by atoms with Crippen LogP contribution in [0, 0.1) is 0 Å². The molecular formula is C19H17Cl2N3O. The maximum absolute atomic E-state index is 12.0. The van der Waals surface area contributed by atoms with E-state index in [-0.39, 0.29) is 11.8 Å². The number of para-hydroxylation sites is 2. The van der Waals surface area contributed by atoms with E-state index in [0.29, 0.717) is 29.6 Å². The number of halogens is 2. The zero-order chi connectivity index (χ0) is 17.6. The van der Waals surface area contributed by atoms with E-state index in [4.69, 9.17) is 28.2 Å². The van der Waals surface area contributed by atoms with Gasteiger partial charge in [0.15, 0.2) is 0 Å². The van der Waals surface area contributed by atoms with Crippen molar-refractivity contribution in [3.05, 3.63) is 63.9 Å². The van der Waals surface area contributed by atoms with Crippen LogP contribution >= 0.6 is 23.2 Å². The molecule has 1 aliphatic heterocycles. The second-order valence-corrected chi connectivity index (χ2v) is 7.23. The summed E-state index contributed by atoms with van der Waals surface area (Å²) in [6, 6.07) is 13.5. The van der Waals surface area contributed by atoms with Crippen LogP contribution < -0.4 is 0 Å². The summed E-state index contributed by atoms with van der Waals surface area (Å²) in [7, 11) is 1.83. The summed E-state index contributed by atoms with van der Waals surface area (Å²) in [6.45, 7) is 1.21. The van der Waals surface area contributed by atoms with Crippen LogP contribution in [0.3, 0.4) is 0 Å². The van der Waals surface area contributed by atoms with E-state index in [1.54, 1.807) is 4.90 Å². The van der Waals surface area contributed by atoms with Crippen molar-refractivity contribution >= 4 is 40.1 Å². The molecule has 1 aromatic heterocycles. The van der Waals surface area contributed by atoms with Gasteiger partial charge >= 0.3 is 0 Å². The van der Waals surface area contributed by atoms with E-state index >= 15 is 0 Å². The van der Waals surface area contributed by atoms with Crippen molar-refractivity contribution in [2.45, 2.75) is 18.9 Å². The van der Waals surface area contributed by atoms with Gasteiger partial charge in [-0.1, -0.05) is 41.4 Å². The summed E-state index contributed by atoms with van der Waals surface area (Å²) < 4.78 is 2.14. The summed E-state index contributed by atoms with van der Waals surface area (Å²) in [5, 5.41) is 1.27. The van der Waals surface area contributed by atoms with Crippen molar-refractivity contribution in [3.8, 4) is 0 Å². The van der Waals surface area contributed by atoms with Crippen LogP contribution in [0.4, 0.5) is 0 Å². The van der Waals surface area contributed by atoms with Gasteiger partial charge in [0.25, 0.3) is 0 Å². The SMILES string of the molecule is CN1CC(c2nc3ccccc3n2Cc2c(Cl)cccc2Cl)CC1=O. The number of hydrogen-bond acceptors (Lipinski definition) is 2. The summed E-state index contributed by atoms with van der Waals surface area (Å²) >= 11 is 12.8. The van der Waals surface area contributed by atoms with Gasteiger partial charge in [-0.25, -0.2) is 4.98 Å². The number of carbonyl (C=O) groups excluding carboxylic acids is 1. The molecule has 0 bridgehead atoms. The number of rotatable bonds is 3. The highest BCUT2D eigenvalue weighted by Gasteiger charge is 2.32. The molecule has 1 saturated heterocycles. The minimum atomic E-state index is 0.0752. The van der Waals surface area contributed by atoms with E-state index in [2.05, 4.69) is 4.57 Å². The number of carbonyl (C=O) groups is 1. The molecule has 4 nitrogen and oxygen atoms in total. The Morgan fingerprint density at radius 3 is 2.52 bits per heavy atom. The molecule has 1 atom stereocenters. The van der Waals surface area contributed by atoms with Crippen molar-refractivity contribution in [2.24, 2.45) is 0 Å². The topological polar surface area (TPSA) is 38.1 Å². The van der Waals surface area contributed by atoms with Gasteiger partial charge in [0, 0.05) is 41.5 Å². The first-order valence-corrected chi connectivity index (χ1v) is 8.92. The van der Waals surface area contributed by atoms with Crippen LogP contribution in [0.2, 0.25) is 10.0 Å². The van der Waals surface area contributed by atoms with Crippen molar-refractivity contribution in [1.82, 2.24) is 14.5 Å². The van der Waals surface area contributed by atoms with Gasteiger partial charge < -0.3 is 9.47 Å². The summed E-state index contributed by atoms with van der Waals surface area (Å²) in [6.07, 6.45) is 0.482. The zero-order valence-corrected chi connectivity index (χ0v) is 15.3. The number of amides is 1. The Morgan fingerprint density at radius 1 is 1.12 bits per heavy atom. The molecule has 128 valence electrons. The van der Waals surface area contributed by atoms with Crippen molar-refractivity contribution in [1.29, 1.82) is 0 Å². The first-order valence-electron chi connectivity index (χ1n) is 8.16. The average Bonchev–Trinajstić information content (AvgIpc) is 3.12. The molecule has 0 N–H and O–H groups in total. The highest BCUT2D eigenvalue weighted by atomic mass is 35.5. The smallest absolute Gasteiger partial charge is 0.223 e. The zero-order valence-electron chi connectivity index (χ0n) is 13.7. The molecule has 2 aromatic carbocycles. The Hall–Kier alpha value is -2.04. The molecule has 2 heterocycles. The molecule has 0 aliphatic carbocycles. The minimum absolute atomic E-state index is 0.0752. The number of nitrogens with zero attached hydrogens (tertiary/aromatic N) is 3. The fourth-order valence-electron chi connectivity index (χ4n) is 3.45. The lowest BCUT2D eigenvalue weighted by atomic mass is 10.1. The third kappa shape index (κ3) is 2.90. The van der Waals surface area contributed by atoms with Crippen molar-refractivity contribution < 1.29 is 4.79 Å². The van der Waals surface area contributed by atoms with E-state index in [1.165, 1.54) is 0 Å². The molecule has 6 heteroatoms. The number of aromatic nitrogens is 2. The third-order valence-electron chi connectivity index (χ3n) is 4.77. The standard InChI is InChI=1S/C19H17Cl2N3O/c1-23-10-12(9-18(23)25)19-22-16-7-2-3-8-17(16)24(19)11-13-14(20)5-4-6-15(13)21/h2-8,12H,9-11H2,1H3. The van der Waals surface area contributed by atoms with Gasteiger partial charge in [0.1, 0.15) is 5.82 Å². The highest BCUT2D eigenvalue weighted by molar-refractivity contribution is 6.36. The van der Waals surface area contributed by atoms with Gasteiger partial charge in [0.05, 0.1) is 17.6 Å². The molecule has 1 amide bonds. The Balaban J connectivity index is 1.84. The summed E-state index contributed by atoms with van der Waals surface area (Å²) in [5.74, 6) is 1.14. The predicted octanol–water partition coefficient (Wildman–Crippen LogP) is 4.34. The Kier molecular flexibility index (Phi) is 4.18. The first-order chi connectivity index (χ1) is 12.0. The van der Waals surface area contributed by atoms with E-state index in [9.17, 15) is 4.79 Å². The molecule has 25 heavy (non-hydrogen) atoms. The lowest BCUT2D eigenvalue weighted by Crippen LogP contribution is -2.19. The molecular weight excluding hydrogens is 357 g/mol. The van der Waals surface area contributed by atoms with Crippen LogP contribution in [0.5, 0.6) is 0 Å². The van der Waals surface area contributed by atoms with E-state index in [0.717, 1.165) is 22.4 Å². The van der Waals surface area contributed by atoms with Crippen LogP contribution in [0.15, 0.2) is 42.5 Å². The van der Waals surface area contributed by atoms with Gasteiger partial charge in [-0.2, -0.15) is 0 Å². The molecule has 1 fully saturated rings. The quantitative estimate of drug-likeness (QED) is 0.684. The number of hydrogen-bond donors (Lipinski definition) is 0. The van der Waals surface area contributed by atoms with E-state index in [1.807, 2.05) is 49.5 Å². The van der Waals surface area contributed by atoms with Gasteiger partial charge in [-0.05, 0) is 24.3 Å². The highest BCUT2D eigenvalue weighted by Crippen LogP contribution is 2.32. The summed E-state index contributed by atoms with van der Waals surface area (Å²) in [5.41, 5.74) is 2.81. The molecule has 0 spiro atoms. The second kappa shape index (κ2) is 6.36. The number of imidazole rings is 1. The minimum Gasteiger partial charge on any atom is -0.345 e. The maximum Gasteiger partial charge on any atom is 0.223 e. The lowest BCUT2D eigenvalue weighted by Gasteiger charge is -2.15. The number of likely N-dealkylation sites (N-methyl/N-ethyl adjacent to an activating group) is 1. The molecule has 4 rings (SSSR count). The molecule has 3 aromatic rings. The monoisotopic (exact) mass is 373 g/mol. The molecule has 1 unspecified atom stereocenters. The Labute approximate surface area is 156 Å². The first kappa shape index (κ1) is 16.4. The van der Waals surface area contributed by atoms with Crippen molar-refractivity contribution in [3.63, 3.8) is 0 Å². The second-order valence-electron chi connectivity index (χ2n) is 6.42. The lowest BCUT2D eigenvalue weighted by molar-refractivity contribution is -0.126. The van der Waals surface area contributed by atoms with E-state index < -0.39 is 0 Å². The molecule has 1 aliphatic rings. The normalized spacial score (nSPS) is 17.6. The number of likely N-dealkylation sites (tertiary alicyclic amines) is 1. The molecule has 0 radical (unpaired) electrons. The molecule has 0 saturated carbocycles. The average molecular weight is 374 g/mol. The summed E-state index contributed by atoms with van der Waals surface area (Å²) in [4.78, 5) is 18.6. The largest absolute Gasteiger partial charge is 0.345 e. The third-order valence-corrected chi connectivity index (χ3v) is 5.48. The van der Waals surface area contributed by atoms with Crippen LogP contribution in [-0.2, 0) is 11.3 Å².